The van der Waals surface area contributed by atoms with Crippen LogP contribution in [0.25, 0.3) is 0 Å². The quantitative estimate of drug-likeness (QED) is 0.628. The lowest BCUT2D eigenvalue weighted by Crippen LogP contribution is -2.31. The van der Waals surface area contributed by atoms with Crippen LogP contribution in [0.5, 0.6) is 0 Å². The highest BCUT2D eigenvalue weighted by molar-refractivity contribution is 9.10. The fourth-order valence-electron chi connectivity index (χ4n) is 1.54. The third kappa shape index (κ3) is 5.60. The molecule has 0 aliphatic carbocycles. The van der Waals surface area contributed by atoms with Gasteiger partial charge in [-0.15, -0.1) is 0 Å². The van der Waals surface area contributed by atoms with Gasteiger partial charge in [-0.05, 0) is 28.4 Å². The molecule has 0 unspecified atom stereocenters. The number of amides is 1. The normalized spacial score (nSPS) is 11.2. The van der Waals surface area contributed by atoms with Crippen LogP contribution in [-0.4, -0.2) is 39.4 Å². The molecule has 0 saturated carbocycles. The maximum atomic E-state index is 12.2. The van der Waals surface area contributed by atoms with Gasteiger partial charge in [0.25, 0.3) is 0 Å². The Kier molecular flexibility index (Phi) is 7.06. The van der Waals surface area contributed by atoms with Crippen molar-refractivity contribution in [2.45, 2.75) is 24.7 Å². The fraction of sp³-hybridized carbons (Fsp3) is 0.500. The van der Waals surface area contributed by atoms with Crippen LogP contribution in [0.3, 0.4) is 0 Å². The maximum Gasteiger partial charge on any atom is 0.244 e. The average molecular weight is 379 g/mol. The second-order valence-electron chi connectivity index (χ2n) is 4.25. The molecule has 1 aromatic rings. The van der Waals surface area contributed by atoms with Crippen molar-refractivity contribution in [3.8, 4) is 0 Å². The van der Waals surface area contributed by atoms with Crippen molar-refractivity contribution in [2.24, 2.45) is 0 Å². The average Bonchev–Trinajstić information content (AvgIpc) is 2.44. The topological polar surface area (TPSA) is 100 Å². The molecule has 118 valence electrons. The Labute approximate surface area is 133 Å². The minimum absolute atomic E-state index is 0.0353. The molecule has 0 aliphatic heterocycles. The molecule has 0 fully saturated rings. The number of halogens is 1. The van der Waals surface area contributed by atoms with Crippen molar-refractivity contribution in [1.82, 2.24) is 15.0 Å². The molecule has 0 bridgehead atoms. The van der Waals surface area contributed by atoms with E-state index in [0.717, 1.165) is 6.42 Å². The number of carbonyl (C=O) groups is 1. The first-order valence-electron chi connectivity index (χ1n) is 6.50. The summed E-state index contributed by atoms with van der Waals surface area (Å²) in [5, 5.41) is 5.41. The van der Waals surface area contributed by atoms with Crippen LogP contribution in [0.2, 0.25) is 0 Å². The standard InChI is InChI=1S/C12H19BrN4O3S/c1-3-5-15-11(18)4-6-17-21(19,20)10-7-9(13)8-16-12(10)14-2/h7-8,17H,3-6H2,1-2H3,(H,14,16)(H,15,18). The van der Waals surface area contributed by atoms with Crippen molar-refractivity contribution in [3.63, 3.8) is 0 Å². The second kappa shape index (κ2) is 8.30. The number of carbonyl (C=O) groups excluding carboxylic acids is 1. The smallest absolute Gasteiger partial charge is 0.244 e. The summed E-state index contributed by atoms with van der Waals surface area (Å²) in [6.07, 6.45) is 2.44. The van der Waals surface area contributed by atoms with E-state index in [2.05, 4.69) is 36.3 Å². The van der Waals surface area contributed by atoms with E-state index in [9.17, 15) is 13.2 Å². The Morgan fingerprint density at radius 3 is 2.71 bits per heavy atom. The molecule has 1 heterocycles. The Hall–Kier alpha value is -1.19. The minimum atomic E-state index is -3.73. The van der Waals surface area contributed by atoms with E-state index in [1.54, 1.807) is 7.05 Å². The van der Waals surface area contributed by atoms with Gasteiger partial charge < -0.3 is 10.6 Å². The van der Waals surface area contributed by atoms with Gasteiger partial charge in [-0.2, -0.15) is 0 Å². The summed E-state index contributed by atoms with van der Waals surface area (Å²) in [7, 11) is -2.14. The Bertz CT molecular complexity index is 592. The first kappa shape index (κ1) is 17.9. The molecule has 9 heteroatoms. The lowest BCUT2D eigenvalue weighted by Gasteiger charge is -2.11. The van der Waals surface area contributed by atoms with Crippen LogP contribution in [0, 0.1) is 0 Å². The summed E-state index contributed by atoms with van der Waals surface area (Å²) in [5.41, 5.74) is 0. The summed E-state index contributed by atoms with van der Waals surface area (Å²) in [4.78, 5) is 15.4. The van der Waals surface area contributed by atoms with Crippen molar-refractivity contribution < 1.29 is 13.2 Å². The molecule has 0 atom stereocenters. The summed E-state index contributed by atoms with van der Waals surface area (Å²) >= 11 is 3.19. The van der Waals surface area contributed by atoms with Gasteiger partial charge in [-0.25, -0.2) is 18.1 Å². The third-order valence-electron chi connectivity index (χ3n) is 2.56. The molecule has 0 radical (unpaired) electrons. The van der Waals surface area contributed by atoms with Gasteiger partial charge in [0.05, 0.1) is 0 Å². The molecule has 1 aromatic heterocycles. The Morgan fingerprint density at radius 2 is 2.10 bits per heavy atom. The number of rotatable bonds is 8. The second-order valence-corrected chi connectivity index (χ2v) is 6.90. The molecule has 1 amide bonds. The number of aromatic nitrogens is 1. The van der Waals surface area contributed by atoms with Crippen LogP contribution < -0.4 is 15.4 Å². The van der Waals surface area contributed by atoms with E-state index in [1.165, 1.54) is 12.3 Å². The number of nitrogens with zero attached hydrogens (tertiary/aromatic N) is 1. The van der Waals surface area contributed by atoms with Gasteiger partial charge in [0.15, 0.2) is 0 Å². The predicted octanol–water partition coefficient (Wildman–Crippen LogP) is 1.08. The zero-order valence-electron chi connectivity index (χ0n) is 11.9. The number of hydrogen-bond acceptors (Lipinski definition) is 5. The molecule has 1 rings (SSSR count). The summed E-state index contributed by atoms with van der Waals surface area (Å²) in [6, 6.07) is 1.46. The molecule has 0 aromatic carbocycles. The first-order valence-corrected chi connectivity index (χ1v) is 8.78. The van der Waals surface area contributed by atoms with Gasteiger partial charge in [-0.3, -0.25) is 4.79 Å². The fourth-order valence-corrected chi connectivity index (χ4v) is 3.24. The summed E-state index contributed by atoms with van der Waals surface area (Å²) in [6.45, 7) is 2.57. The van der Waals surface area contributed by atoms with E-state index in [1.807, 2.05) is 6.92 Å². The van der Waals surface area contributed by atoms with E-state index in [0.29, 0.717) is 11.0 Å². The molecule has 7 nitrogen and oxygen atoms in total. The minimum Gasteiger partial charge on any atom is -0.372 e. The monoisotopic (exact) mass is 378 g/mol. The lowest BCUT2D eigenvalue weighted by atomic mass is 10.4. The summed E-state index contributed by atoms with van der Waals surface area (Å²) in [5.74, 6) is 0.0712. The largest absolute Gasteiger partial charge is 0.372 e. The highest BCUT2D eigenvalue weighted by Crippen LogP contribution is 2.22. The van der Waals surface area contributed by atoms with Crippen LogP contribution in [0.4, 0.5) is 5.82 Å². The molecule has 0 spiro atoms. The first-order chi connectivity index (χ1) is 9.90. The lowest BCUT2D eigenvalue weighted by molar-refractivity contribution is -0.120. The van der Waals surface area contributed by atoms with Crippen LogP contribution in [0.1, 0.15) is 19.8 Å². The number of nitrogens with one attached hydrogen (secondary N) is 3. The van der Waals surface area contributed by atoms with E-state index in [4.69, 9.17) is 0 Å². The Balaban J connectivity index is 2.70. The van der Waals surface area contributed by atoms with Crippen molar-refractivity contribution in [1.29, 1.82) is 0 Å². The zero-order chi connectivity index (χ0) is 15.9. The van der Waals surface area contributed by atoms with Gasteiger partial charge in [0.2, 0.25) is 15.9 Å². The van der Waals surface area contributed by atoms with E-state index >= 15 is 0 Å². The summed E-state index contributed by atoms with van der Waals surface area (Å²) < 4.78 is 27.4. The highest BCUT2D eigenvalue weighted by atomic mass is 79.9. The zero-order valence-corrected chi connectivity index (χ0v) is 14.3. The van der Waals surface area contributed by atoms with Crippen molar-refractivity contribution in [2.75, 3.05) is 25.5 Å². The number of anilines is 1. The molecular formula is C12H19BrN4O3S. The van der Waals surface area contributed by atoms with Crippen molar-refractivity contribution in [3.05, 3.63) is 16.7 Å². The van der Waals surface area contributed by atoms with Gasteiger partial charge >= 0.3 is 0 Å². The van der Waals surface area contributed by atoms with Crippen LogP contribution in [-0.2, 0) is 14.8 Å². The van der Waals surface area contributed by atoms with Crippen LogP contribution >= 0.6 is 15.9 Å². The number of pyridine rings is 1. The third-order valence-corrected chi connectivity index (χ3v) is 4.47. The molecule has 3 N–H and O–H groups in total. The molecule has 0 saturated heterocycles. The van der Waals surface area contributed by atoms with Gasteiger partial charge in [0.1, 0.15) is 10.7 Å². The van der Waals surface area contributed by atoms with Gasteiger partial charge in [-0.1, -0.05) is 6.92 Å². The Morgan fingerprint density at radius 1 is 1.38 bits per heavy atom. The predicted molar refractivity (Wildman–Crippen MR) is 84.6 cm³/mol. The SMILES string of the molecule is CCCNC(=O)CCNS(=O)(=O)c1cc(Br)cnc1NC. The van der Waals surface area contributed by atoms with Crippen molar-refractivity contribution >= 4 is 37.7 Å². The maximum absolute atomic E-state index is 12.2. The van der Waals surface area contributed by atoms with Gasteiger partial charge in [0, 0.05) is 37.2 Å². The number of hydrogen-bond donors (Lipinski definition) is 3. The number of sulfonamides is 1. The van der Waals surface area contributed by atoms with E-state index in [-0.39, 0.29) is 29.6 Å². The molecule has 0 aliphatic rings. The highest BCUT2D eigenvalue weighted by Gasteiger charge is 2.19. The van der Waals surface area contributed by atoms with Crippen LogP contribution in [0.15, 0.2) is 21.6 Å². The molecule has 21 heavy (non-hydrogen) atoms. The van der Waals surface area contributed by atoms with E-state index < -0.39 is 10.0 Å². The molecular weight excluding hydrogens is 360 g/mol.